The second-order valence-corrected chi connectivity index (χ2v) is 4.50. The molecular weight excluding hydrogens is 309 g/mol. The highest BCUT2D eigenvalue weighted by atomic mass is 32.4. The van der Waals surface area contributed by atoms with Crippen LogP contribution in [0.15, 0.2) is 0 Å². The van der Waals surface area contributed by atoms with Gasteiger partial charge in [0, 0.05) is 0 Å². The Hall–Kier alpha value is 1.29. The van der Waals surface area contributed by atoms with Crippen molar-refractivity contribution in [2.75, 3.05) is 0 Å². The average molecular weight is 387 g/mol. The van der Waals surface area contributed by atoms with Gasteiger partial charge in [0.15, 0.2) is 0 Å². The summed E-state index contributed by atoms with van der Waals surface area (Å²) in [7, 11) is 6.06. The van der Waals surface area contributed by atoms with Crippen LogP contribution in [0.1, 0.15) is 134 Å². The Morgan fingerprint density at radius 3 is 0.238 bits per heavy atom. The Labute approximate surface area is 159 Å². The van der Waals surface area contributed by atoms with E-state index in [-0.39, 0.29) is 134 Å². The first-order valence-corrected chi connectivity index (χ1v) is 5.20. The highest BCUT2D eigenvalue weighted by Crippen LogP contribution is 2.28. The molecule has 0 spiro atoms. The van der Waals surface area contributed by atoms with Crippen LogP contribution in [0.5, 0.6) is 0 Å². The molecule has 0 aliphatic rings. The molecule has 0 fully saturated rings. The van der Waals surface area contributed by atoms with Crippen LogP contribution in [0.2, 0.25) is 0 Å². The van der Waals surface area contributed by atoms with Crippen molar-refractivity contribution in [1.29, 1.82) is 0 Å². The van der Waals surface area contributed by atoms with E-state index < -0.39 is 0 Å². The summed E-state index contributed by atoms with van der Waals surface area (Å²) in [5.74, 6) is 0. The molecule has 0 heterocycles. The molecule has 2 atom stereocenters. The monoisotopic (exact) mass is 387 g/mol. The van der Waals surface area contributed by atoms with E-state index in [0.29, 0.717) is 0 Å². The van der Waals surface area contributed by atoms with E-state index >= 15 is 0 Å². The van der Waals surface area contributed by atoms with Gasteiger partial charge in [-0.1, -0.05) is 142 Å². The molecule has 0 aromatic carbocycles. The molecule has 0 saturated carbocycles. The first-order valence-electron chi connectivity index (χ1n) is 0.577. The van der Waals surface area contributed by atoms with Gasteiger partial charge in [-0.25, -0.2) is 0 Å². The van der Waals surface area contributed by atoms with Crippen LogP contribution in [0.25, 0.3) is 0 Å². The summed E-state index contributed by atoms with van der Waals surface area (Å²) < 4.78 is 0. The Bertz CT molecular complexity index is 12.4. The molecule has 0 nitrogen and oxygen atoms in total. The molecule has 2 unspecified atom stereocenters. The molecule has 0 N–H and O–H groups in total. The summed E-state index contributed by atoms with van der Waals surface area (Å²) in [5, 5.41) is 0. The third-order valence-electron chi connectivity index (χ3n) is 0. The maximum atomic E-state index is 2.57. The van der Waals surface area contributed by atoms with Crippen molar-refractivity contribution < 1.29 is 0 Å². The summed E-state index contributed by atoms with van der Waals surface area (Å²) in [6, 6.07) is 0. The first kappa shape index (κ1) is 933. The highest BCUT2D eigenvalue weighted by Gasteiger charge is 1.32. The summed E-state index contributed by atoms with van der Waals surface area (Å²) in [6.07, 6.45) is 0. The minimum atomic E-state index is 0. The number of hydrogen-bond acceptors (Lipinski definition) is 0. The zero-order chi connectivity index (χ0) is 2.71. The lowest BCUT2D eigenvalue weighted by atomic mass is 12.0. The molecule has 21 heavy (non-hydrogen) atoms. The van der Waals surface area contributed by atoms with E-state index in [0.717, 1.165) is 7.96 Å². The predicted molar refractivity (Wildman–Crippen MR) is 149 cm³/mol. The number of rotatable bonds is 0. The van der Waals surface area contributed by atoms with Crippen molar-refractivity contribution in [3.05, 3.63) is 0 Å². The van der Waals surface area contributed by atoms with Gasteiger partial charge in [-0.3, -0.25) is 0 Å². The van der Waals surface area contributed by atoms with Gasteiger partial charge in [0.1, 0.15) is 0 Å². The zero-order valence-electron chi connectivity index (χ0n) is 1.65. The minimum absolute atomic E-state index is 0. The lowest BCUT2D eigenvalue weighted by molar-refractivity contribution is 2.50. The molecule has 0 aromatic heterocycles. The van der Waals surface area contributed by atoms with E-state index in [1.165, 1.54) is 0 Å². The van der Waals surface area contributed by atoms with Crippen molar-refractivity contribution in [3.63, 3.8) is 0 Å². The maximum Gasteiger partial charge on any atom is -0.0776 e. The summed E-state index contributed by atoms with van der Waals surface area (Å²) in [5.41, 5.74) is 0. The molecule has 0 aliphatic heterocycles. The van der Waals surface area contributed by atoms with Gasteiger partial charge < -0.3 is 0 Å². The molecule has 0 amide bonds. The van der Waals surface area contributed by atoms with Crippen LogP contribution in [-0.4, -0.2) is 0 Å². The van der Waals surface area contributed by atoms with Crippen molar-refractivity contribution in [1.82, 2.24) is 0 Å². The first-order chi connectivity index (χ1) is 1.41. The molecule has 0 radical (unpaired) electrons. The zero-order valence-corrected chi connectivity index (χ0v) is 4.96. The second-order valence-electron chi connectivity index (χ2n) is 0.167. The summed E-state index contributed by atoms with van der Waals surface area (Å²) >= 11 is 0. The van der Waals surface area contributed by atoms with Gasteiger partial charge in [0.2, 0.25) is 0 Å². The van der Waals surface area contributed by atoms with E-state index in [1.807, 2.05) is 0 Å². The fourth-order valence-corrected chi connectivity index (χ4v) is 0. The molecular formula is C18H77P3. The molecule has 0 aromatic rings. The van der Waals surface area contributed by atoms with Crippen molar-refractivity contribution in [3.8, 4) is 0 Å². The molecule has 0 rings (SSSR count). The van der Waals surface area contributed by atoms with E-state index in [4.69, 9.17) is 0 Å². The minimum Gasteiger partial charge on any atom is -0.110 e. The summed E-state index contributed by atoms with van der Waals surface area (Å²) in [6.45, 7) is 0. The van der Waals surface area contributed by atoms with Crippen molar-refractivity contribution in [2.45, 2.75) is 134 Å². The number of hydrogen-bond donors (Lipinski definition) is 0. The predicted octanol–water partition coefficient (Wildman–Crippen LogP) is 12.7. The van der Waals surface area contributed by atoms with Crippen LogP contribution >= 0.6 is 25.8 Å². The highest BCUT2D eigenvalue weighted by molar-refractivity contribution is 8.33. The Morgan fingerprint density at radius 2 is 0.238 bits per heavy atom. The van der Waals surface area contributed by atoms with Crippen molar-refractivity contribution in [2.24, 2.45) is 0 Å². The quantitative estimate of drug-likeness (QED) is 0.363. The Kier molecular flexibility index (Phi) is 74300. The largest absolute Gasteiger partial charge is 0.110 e. The lowest BCUT2D eigenvalue weighted by Crippen LogP contribution is -0.553. The van der Waals surface area contributed by atoms with Crippen LogP contribution in [-0.2, 0) is 0 Å². The van der Waals surface area contributed by atoms with E-state index in [9.17, 15) is 0 Å². The van der Waals surface area contributed by atoms with Crippen LogP contribution in [0, 0.1) is 0 Å². The van der Waals surface area contributed by atoms with Crippen LogP contribution in [0.4, 0.5) is 0 Å². The van der Waals surface area contributed by atoms with Gasteiger partial charge in [-0.05, 0) is 0 Å². The molecule has 0 aliphatic carbocycles. The standard InChI is InChI=1S/18CH4.H5P3/c;;;;;;;;;;;;;;;;;;1-3-2/h18*1H4;3H,1-2H2. The van der Waals surface area contributed by atoms with Gasteiger partial charge in [-0.2, -0.15) is 0 Å². The van der Waals surface area contributed by atoms with Gasteiger partial charge in [0.25, 0.3) is 0 Å². The smallest absolute Gasteiger partial charge is 0.0776 e. The lowest BCUT2D eigenvalue weighted by Gasteiger charge is -1.51. The van der Waals surface area contributed by atoms with Gasteiger partial charge >= 0.3 is 0 Å². The van der Waals surface area contributed by atoms with Crippen molar-refractivity contribution >= 4 is 25.8 Å². The third kappa shape index (κ3) is 4760. The van der Waals surface area contributed by atoms with E-state index in [2.05, 4.69) is 17.9 Å². The Balaban J connectivity index is -0.000000000131. The SMILES string of the molecule is C.C.C.C.C.C.C.C.C.C.C.C.C.C.C.C.C.C.PPP. The topological polar surface area (TPSA) is 0 Å². The van der Waals surface area contributed by atoms with E-state index in [1.54, 1.807) is 0 Å². The van der Waals surface area contributed by atoms with Crippen LogP contribution < -0.4 is 0 Å². The van der Waals surface area contributed by atoms with Gasteiger partial charge in [-0.15, -0.1) is 17.9 Å². The van der Waals surface area contributed by atoms with Crippen LogP contribution in [0.3, 0.4) is 0 Å². The normalized spacial score (nSPS) is 0.857. The molecule has 0 saturated heterocycles. The molecule has 0 bridgehead atoms. The fraction of sp³-hybridized carbons (Fsp3) is 1.00. The van der Waals surface area contributed by atoms with Gasteiger partial charge in [0.05, 0.1) is 0 Å². The average Bonchev–Trinajstić information content (AvgIpc) is 0.918. The fourth-order valence-electron chi connectivity index (χ4n) is 0. The summed E-state index contributed by atoms with van der Waals surface area (Å²) in [4.78, 5) is 0. The maximum absolute atomic E-state index is 2.57. The second kappa shape index (κ2) is 1670. The molecule has 164 valence electrons. The third-order valence-corrected chi connectivity index (χ3v) is 0. The molecule has 3 heteroatoms. The Morgan fingerprint density at radius 1 is 0.238 bits per heavy atom.